The number of H-pyrrole nitrogens is 2. The van der Waals surface area contributed by atoms with E-state index in [0.29, 0.717) is 30.4 Å². The van der Waals surface area contributed by atoms with Gasteiger partial charge in [0.15, 0.2) is 5.65 Å². The van der Waals surface area contributed by atoms with Gasteiger partial charge in [0, 0.05) is 22.9 Å². The fraction of sp³-hybridized carbons (Fsp3) is 0.167. The van der Waals surface area contributed by atoms with Crippen molar-refractivity contribution in [3.8, 4) is 16.9 Å². The molecule has 1 aromatic carbocycles. The Morgan fingerprint density at radius 1 is 1.31 bits per heavy atom. The molecule has 10 nitrogen and oxygen atoms in total. The zero-order valence-corrected chi connectivity index (χ0v) is 18.6. The van der Waals surface area contributed by atoms with Crippen molar-refractivity contribution in [3.05, 3.63) is 69.4 Å². The summed E-state index contributed by atoms with van der Waals surface area (Å²) >= 11 is 0. The van der Waals surface area contributed by atoms with Gasteiger partial charge in [0.25, 0.3) is 5.56 Å². The number of anilines is 1. The van der Waals surface area contributed by atoms with Gasteiger partial charge in [-0.1, -0.05) is 0 Å². The van der Waals surface area contributed by atoms with Crippen LogP contribution in [-0.2, 0) is 13.0 Å². The van der Waals surface area contributed by atoms with Gasteiger partial charge in [-0.3, -0.25) is 9.89 Å². The highest BCUT2D eigenvalue weighted by Gasteiger charge is 2.31. The third-order valence-corrected chi connectivity index (χ3v) is 6.39. The number of hydrogen-bond donors (Lipinski definition) is 4. The molecule has 182 valence electrons. The summed E-state index contributed by atoms with van der Waals surface area (Å²) in [7, 11) is 0. The molecule has 0 spiro atoms. The lowest BCUT2D eigenvalue weighted by atomic mass is 9.97. The molecule has 36 heavy (non-hydrogen) atoms. The maximum atomic E-state index is 15.2. The molecule has 0 unspecified atom stereocenters. The highest BCUT2D eigenvalue weighted by atomic mass is 19.1. The van der Waals surface area contributed by atoms with E-state index in [1.54, 1.807) is 6.07 Å². The molecule has 0 bridgehead atoms. The number of carbonyl (C=O) groups is 1. The van der Waals surface area contributed by atoms with Crippen LogP contribution >= 0.6 is 0 Å². The number of pyridine rings is 2. The number of ether oxygens (including phenoxy) is 1. The van der Waals surface area contributed by atoms with Gasteiger partial charge in [0.2, 0.25) is 5.95 Å². The first kappa shape index (κ1) is 21.8. The molecule has 5 aromatic rings. The van der Waals surface area contributed by atoms with Crippen LogP contribution in [0.25, 0.3) is 33.1 Å². The first-order valence-electron chi connectivity index (χ1n) is 11.1. The number of hydrogen-bond acceptors (Lipinski definition) is 6. The number of nitrogen functional groups attached to an aromatic ring is 1. The second-order valence-electron chi connectivity index (χ2n) is 8.49. The number of carboxylic acids is 1. The van der Waals surface area contributed by atoms with Crippen molar-refractivity contribution >= 4 is 33.7 Å². The van der Waals surface area contributed by atoms with Crippen molar-refractivity contribution in [2.45, 2.75) is 19.4 Å². The van der Waals surface area contributed by atoms with Gasteiger partial charge >= 0.3 is 5.97 Å². The number of nitrogens with one attached hydrogen (secondary N) is 2. The summed E-state index contributed by atoms with van der Waals surface area (Å²) < 4.78 is 37.3. The largest absolute Gasteiger partial charge is 0.492 e. The van der Waals surface area contributed by atoms with E-state index in [-0.39, 0.29) is 57.0 Å². The fourth-order valence-electron chi connectivity index (χ4n) is 4.83. The van der Waals surface area contributed by atoms with Crippen molar-refractivity contribution in [1.82, 2.24) is 24.7 Å². The third kappa shape index (κ3) is 3.14. The molecule has 0 radical (unpaired) electrons. The summed E-state index contributed by atoms with van der Waals surface area (Å²) in [5.41, 5.74) is 5.65. The van der Waals surface area contributed by atoms with Crippen LogP contribution in [-0.4, -0.2) is 42.4 Å². The first-order chi connectivity index (χ1) is 17.3. The quantitative estimate of drug-likeness (QED) is 0.281. The minimum absolute atomic E-state index is 0.00238. The van der Waals surface area contributed by atoms with Crippen LogP contribution in [0.1, 0.15) is 28.0 Å². The molecule has 0 amide bonds. The summed E-state index contributed by atoms with van der Waals surface area (Å²) in [6.45, 7) is -0.0286. The van der Waals surface area contributed by atoms with Crippen LogP contribution < -0.4 is 16.0 Å². The van der Waals surface area contributed by atoms with E-state index < -0.39 is 23.3 Å². The van der Waals surface area contributed by atoms with Gasteiger partial charge in [-0.2, -0.15) is 14.5 Å². The molecule has 12 heteroatoms. The fourth-order valence-corrected chi connectivity index (χ4v) is 4.83. The average molecular weight is 492 g/mol. The lowest BCUT2D eigenvalue weighted by Gasteiger charge is -2.19. The average Bonchev–Trinajstić information content (AvgIpc) is 3.37. The van der Waals surface area contributed by atoms with E-state index in [1.165, 1.54) is 29.0 Å². The van der Waals surface area contributed by atoms with Crippen molar-refractivity contribution in [3.63, 3.8) is 0 Å². The van der Waals surface area contributed by atoms with Gasteiger partial charge in [0.1, 0.15) is 23.1 Å². The molecular weight excluding hydrogens is 474 g/mol. The summed E-state index contributed by atoms with van der Waals surface area (Å²) in [5, 5.41) is 17.3. The summed E-state index contributed by atoms with van der Waals surface area (Å²) in [6.07, 6.45) is 2.40. The van der Waals surface area contributed by atoms with E-state index in [1.807, 2.05) is 0 Å². The molecule has 0 fully saturated rings. The second-order valence-corrected chi connectivity index (χ2v) is 8.49. The number of fused-ring (bicyclic) bond motifs is 4. The van der Waals surface area contributed by atoms with Gasteiger partial charge in [-0.05, 0) is 37.1 Å². The standard InChI is InChI=1S/C24H18F2N6O4/c25-14-8-15-17(19-11(14)4-2-6-36-19)16(12-3-1-5-28-23(12)33)18(24(34)35)32(15)9-10-7-13-21(27)30-31-22(13)29-20(10)26/h1,3,5,7-8H,2,4,6,9H2,(H,28,33)(H,34,35)(H3,27,29,30,31). The SMILES string of the molecule is Nc1[nH]nc2nc(F)c(Cn3c(C(=O)O)c(-c4ccc[nH]c4=O)c4c5c(c(F)cc43)CCCO5)cc12. The number of carboxylic acid groups (broad SMARTS) is 1. The maximum Gasteiger partial charge on any atom is 0.353 e. The molecule has 0 saturated carbocycles. The Morgan fingerprint density at radius 3 is 2.92 bits per heavy atom. The van der Waals surface area contributed by atoms with E-state index >= 15 is 4.39 Å². The lowest BCUT2D eigenvalue weighted by Crippen LogP contribution is -2.14. The molecule has 5 heterocycles. The first-order valence-corrected chi connectivity index (χ1v) is 11.1. The molecule has 0 aliphatic carbocycles. The summed E-state index contributed by atoms with van der Waals surface area (Å²) in [5.74, 6) is -2.49. The van der Waals surface area contributed by atoms with Crippen LogP contribution in [0.2, 0.25) is 0 Å². The van der Waals surface area contributed by atoms with Crippen LogP contribution in [0.5, 0.6) is 5.75 Å². The second kappa shape index (κ2) is 7.90. The Bertz CT molecular complexity index is 1770. The smallest absolute Gasteiger partial charge is 0.353 e. The van der Waals surface area contributed by atoms with Gasteiger partial charge < -0.3 is 25.1 Å². The normalized spacial score (nSPS) is 13.2. The van der Waals surface area contributed by atoms with Crippen molar-refractivity contribution in [2.24, 2.45) is 0 Å². The Morgan fingerprint density at radius 2 is 2.14 bits per heavy atom. The molecule has 1 aliphatic rings. The summed E-state index contributed by atoms with van der Waals surface area (Å²) in [4.78, 5) is 31.8. The Balaban J connectivity index is 1.72. The summed E-state index contributed by atoms with van der Waals surface area (Å²) in [6, 6.07) is 5.64. The molecule has 6 rings (SSSR count). The minimum Gasteiger partial charge on any atom is -0.492 e. The van der Waals surface area contributed by atoms with Gasteiger partial charge in [0.05, 0.1) is 35.0 Å². The van der Waals surface area contributed by atoms with Gasteiger partial charge in [-0.15, -0.1) is 0 Å². The Labute approximate surface area is 200 Å². The Kier molecular flexibility index (Phi) is 4.78. The minimum atomic E-state index is -1.38. The molecule has 1 aliphatic heterocycles. The molecule has 0 atom stereocenters. The predicted molar refractivity (Wildman–Crippen MR) is 126 cm³/mol. The number of halogens is 2. The number of benzene rings is 1. The number of nitrogens with two attached hydrogens (primary N) is 1. The maximum absolute atomic E-state index is 15.2. The van der Waals surface area contributed by atoms with E-state index in [9.17, 15) is 19.1 Å². The zero-order chi connectivity index (χ0) is 25.1. The van der Waals surface area contributed by atoms with Crippen LogP contribution in [0.15, 0.2) is 35.3 Å². The van der Waals surface area contributed by atoms with E-state index in [4.69, 9.17) is 10.5 Å². The number of aromatic carboxylic acids is 1. The Hall–Kier alpha value is -4.74. The zero-order valence-electron chi connectivity index (χ0n) is 18.6. The lowest BCUT2D eigenvalue weighted by molar-refractivity contribution is 0.0687. The van der Waals surface area contributed by atoms with Crippen molar-refractivity contribution < 1.29 is 23.4 Å². The third-order valence-electron chi connectivity index (χ3n) is 6.39. The molecular formula is C24H18F2N6O4. The van der Waals surface area contributed by atoms with Crippen LogP contribution in [0.4, 0.5) is 14.6 Å². The number of nitrogens with zero attached hydrogens (tertiary/aromatic N) is 3. The highest BCUT2D eigenvalue weighted by Crippen LogP contribution is 2.44. The van der Waals surface area contributed by atoms with Crippen molar-refractivity contribution in [1.29, 1.82) is 0 Å². The van der Waals surface area contributed by atoms with E-state index in [2.05, 4.69) is 20.2 Å². The number of aromatic nitrogens is 5. The van der Waals surface area contributed by atoms with Crippen LogP contribution in [0, 0.1) is 11.8 Å². The molecule has 5 N–H and O–H groups in total. The molecule has 4 aromatic heterocycles. The number of aromatic amines is 2. The van der Waals surface area contributed by atoms with Crippen molar-refractivity contribution in [2.75, 3.05) is 12.3 Å². The molecule has 0 saturated heterocycles. The van der Waals surface area contributed by atoms with E-state index in [0.717, 1.165) is 0 Å². The van der Waals surface area contributed by atoms with Gasteiger partial charge in [-0.25, -0.2) is 9.18 Å². The topological polar surface area (TPSA) is 152 Å². The predicted octanol–water partition coefficient (Wildman–Crippen LogP) is 3.20. The number of rotatable bonds is 4. The van der Waals surface area contributed by atoms with Crippen LogP contribution in [0.3, 0.4) is 0 Å². The highest BCUT2D eigenvalue weighted by molar-refractivity contribution is 6.11. The monoisotopic (exact) mass is 492 g/mol.